The zero-order valence-electron chi connectivity index (χ0n) is 15.1. The second kappa shape index (κ2) is 13.3. The number of aromatic hydroxyl groups is 1. The monoisotopic (exact) mass is 353 g/mol. The van der Waals surface area contributed by atoms with Crippen LogP contribution in [-0.4, -0.2) is 11.1 Å². The third kappa shape index (κ3) is 9.96. The summed E-state index contributed by atoms with van der Waals surface area (Å²) in [5.41, 5.74) is 0. The highest BCUT2D eigenvalue weighted by Crippen LogP contribution is 2.31. The van der Waals surface area contributed by atoms with E-state index < -0.39 is 5.97 Å². The summed E-state index contributed by atoms with van der Waals surface area (Å²) in [5, 5.41) is 20.4. The smallest absolute Gasteiger partial charge is 0.129 e. The Labute approximate surface area is 151 Å². The van der Waals surface area contributed by atoms with Gasteiger partial charge in [-0.15, -0.1) is 11.3 Å². The fourth-order valence-electron chi connectivity index (χ4n) is 2.94. The maximum absolute atomic E-state index is 10.4. The molecule has 0 saturated carbocycles. The minimum absolute atomic E-state index is 0.139. The number of unbranched alkanes of at least 4 members (excludes halogenated alkanes) is 9. The van der Waals surface area contributed by atoms with Gasteiger partial charge in [-0.1, -0.05) is 58.3 Å². The van der Waals surface area contributed by atoms with Crippen LogP contribution in [-0.2, 0) is 17.6 Å². The molecule has 1 rings (SSSR count). The number of rotatable bonds is 15. The first kappa shape index (κ1) is 21.0. The van der Waals surface area contributed by atoms with Crippen LogP contribution >= 0.6 is 11.3 Å². The summed E-state index contributed by atoms with van der Waals surface area (Å²) < 4.78 is 0. The lowest BCUT2D eigenvalue weighted by Gasteiger charge is -2.02. The lowest BCUT2D eigenvalue weighted by molar-refractivity contribution is -0.305. The first-order valence-corrected chi connectivity index (χ1v) is 10.5. The fraction of sp³-hybridized carbons (Fsp3) is 0.750. The van der Waals surface area contributed by atoms with E-state index >= 15 is 0 Å². The molecule has 0 unspecified atom stereocenters. The number of hydrogen-bond acceptors (Lipinski definition) is 4. The molecular formula is C20H33O3S-. The summed E-state index contributed by atoms with van der Waals surface area (Å²) in [4.78, 5) is 12.7. The number of thiophene rings is 1. The van der Waals surface area contributed by atoms with Gasteiger partial charge in [0.2, 0.25) is 0 Å². The average Bonchev–Trinajstić information content (AvgIpc) is 2.89. The molecule has 0 fully saturated rings. The van der Waals surface area contributed by atoms with Crippen molar-refractivity contribution >= 4 is 17.3 Å². The normalized spacial score (nSPS) is 11.0. The number of aryl methyl sites for hydroxylation is 2. The van der Waals surface area contributed by atoms with Crippen molar-refractivity contribution in [1.82, 2.24) is 0 Å². The number of hydrogen-bond donors (Lipinski definition) is 1. The molecule has 1 N–H and O–H groups in total. The standard InChI is InChI=1S/C20H34O3S/c1-2-3-4-5-6-7-8-10-13-17-16-18(21)19(24-17)14-11-9-12-15-20(22)23/h16,21H,2-15H2,1H3,(H,22,23)/p-1. The summed E-state index contributed by atoms with van der Waals surface area (Å²) in [6.07, 6.45) is 15.1. The van der Waals surface area contributed by atoms with Crippen LogP contribution < -0.4 is 5.11 Å². The highest BCUT2D eigenvalue weighted by molar-refractivity contribution is 7.12. The van der Waals surface area contributed by atoms with E-state index in [1.54, 1.807) is 11.3 Å². The topological polar surface area (TPSA) is 60.4 Å². The van der Waals surface area contributed by atoms with Crippen molar-refractivity contribution in [3.63, 3.8) is 0 Å². The SMILES string of the molecule is CCCCCCCCCCc1cc(O)c(CCCCCC(=O)[O-])s1. The number of carbonyl (C=O) groups excluding carboxylic acids is 1. The van der Waals surface area contributed by atoms with E-state index in [4.69, 9.17) is 0 Å². The molecule has 0 bridgehead atoms. The van der Waals surface area contributed by atoms with Gasteiger partial charge in [-0.25, -0.2) is 0 Å². The molecule has 24 heavy (non-hydrogen) atoms. The van der Waals surface area contributed by atoms with Gasteiger partial charge < -0.3 is 15.0 Å². The van der Waals surface area contributed by atoms with E-state index in [1.165, 1.54) is 56.2 Å². The molecule has 0 aromatic carbocycles. The Bertz CT molecular complexity index is 454. The predicted molar refractivity (Wildman–Crippen MR) is 99.5 cm³/mol. The Kier molecular flexibility index (Phi) is 11.6. The maximum atomic E-state index is 10.4. The van der Waals surface area contributed by atoms with E-state index in [0.29, 0.717) is 12.2 Å². The van der Waals surface area contributed by atoms with Gasteiger partial charge in [0, 0.05) is 15.7 Å². The van der Waals surface area contributed by atoms with Crippen molar-refractivity contribution in [2.75, 3.05) is 0 Å². The molecule has 0 aliphatic heterocycles. The molecule has 0 aliphatic carbocycles. The lowest BCUT2D eigenvalue weighted by Crippen LogP contribution is -2.21. The minimum atomic E-state index is -0.971. The van der Waals surface area contributed by atoms with Crippen LogP contribution in [0.25, 0.3) is 0 Å². The summed E-state index contributed by atoms with van der Waals surface area (Å²) in [7, 11) is 0. The molecule has 0 radical (unpaired) electrons. The van der Waals surface area contributed by atoms with E-state index in [1.807, 2.05) is 6.07 Å². The molecule has 4 heteroatoms. The van der Waals surface area contributed by atoms with Crippen LogP contribution in [0.15, 0.2) is 6.07 Å². The van der Waals surface area contributed by atoms with Crippen LogP contribution in [0.2, 0.25) is 0 Å². The summed E-state index contributed by atoms with van der Waals surface area (Å²) in [6, 6.07) is 1.92. The predicted octanol–water partition coefficient (Wildman–Crippen LogP) is 4.99. The molecule has 0 amide bonds. The zero-order valence-corrected chi connectivity index (χ0v) is 16.0. The van der Waals surface area contributed by atoms with Crippen LogP contribution in [0, 0.1) is 0 Å². The van der Waals surface area contributed by atoms with E-state index in [-0.39, 0.29) is 6.42 Å². The van der Waals surface area contributed by atoms with Gasteiger partial charge in [-0.05, 0) is 44.6 Å². The number of carboxylic acid groups (broad SMARTS) is 1. The Hall–Kier alpha value is -1.03. The zero-order chi connectivity index (χ0) is 17.6. The van der Waals surface area contributed by atoms with E-state index in [0.717, 1.165) is 30.6 Å². The van der Waals surface area contributed by atoms with E-state index in [2.05, 4.69) is 6.92 Å². The Balaban J connectivity index is 2.11. The Morgan fingerprint density at radius 3 is 2.21 bits per heavy atom. The van der Waals surface area contributed by atoms with Gasteiger partial charge in [0.15, 0.2) is 0 Å². The third-order valence-corrected chi connectivity index (χ3v) is 5.64. The Morgan fingerprint density at radius 1 is 0.958 bits per heavy atom. The van der Waals surface area contributed by atoms with Gasteiger partial charge in [-0.2, -0.15) is 0 Å². The molecular weight excluding hydrogens is 320 g/mol. The Morgan fingerprint density at radius 2 is 1.54 bits per heavy atom. The van der Waals surface area contributed by atoms with Crippen LogP contribution in [0.4, 0.5) is 0 Å². The van der Waals surface area contributed by atoms with Gasteiger partial charge in [-0.3, -0.25) is 0 Å². The molecule has 0 atom stereocenters. The van der Waals surface area contributed by atoms with Crippen LogP contribution in [0.3, 0.4) is 0 Å². The molecule has 138 valence electrons. The van der Waals surface area contributed by atoms with Gasteiger partial charge in [0.25, 0.3) is 0 Å². The summed E-state index contributed by atoms with van der Waals surface area (Å²) >= 11 is 1.72. The highest BCUT2D eigenvalue weighted by Gasteiger charge is 2.08. The molecule has 0 saturated heterocycles. The van der Waals surface area contributed by atoms with Crippen molar-refractivity contribution < 1.29 is 15.0 Å². The summed E-state index contributed by atoms with van der Waals surface area (Å²) in [5.74, 6) is -0.545. The second-order valence-corrected chi connectivity index (χ2v) is 7.90. The van der Waals surface area contributed by atoms with Crippen molar-refractivity contribution in [2.45, 2.75) is 96.8 Å². The summed E-state index contributed by atoms with van der Waals surface area (Å²) in [6.45, 7) is 2.25. The number of aliphatic carboxylic acids is 1. The third-order valence-electron chi connectivity index (χ3n) is 4.40. The number of carboxylic acids is 1. The highest BCUT2D eigenvalue weighted by atomic mass is 32.1. The number of carbonyl (C=O) groups is 1. The largest absolute Gasteiger partial charge is 0.550 e. The molecule has 1 heterocycles. The molecule has 1 aromatic rings. The first-order chi connectivity index (χ1) is 11.6. The van der Waals surface area contributed by atoms with Gasteiger partial charge in [0.05, 0.1) is 0 Å². The molecule has 1 aromatic heterocycles. The molecule has 0 spiro atoms. The van der Waals surface area contributed by atoms with Crippen molar-refractivity contribution in [3.8, 4) is 5.75 Å². The maximum Gasteiger partial charge on any atom is 0.129 e. The van der Waals surface area contributed by atoms with Gasteiger partial charge in [0.1, 0.15) is 5.75 Å². The van der Waals surface area contributed by atoms with Gasteiger partial charge >= 0.3 is 0 Å². The average molecular weight is 354 g/mol. The lowest BCUT2D eigenvalue weighted by atomic mass is 10.1. The second-order valence-electron chi connectivity index (χ2n) is 6.68. The fourth-order valence-corrected chi connectivity index (χ4v) is 4.08. The molecule has 3 nitrogen and oxygen atoms in total. The van der Waals surface area contributed by atoms with Crippen molar-refractivity contribution in [3.05, 3.63) is 15.8 Å². The molecule has 0 aliphatic rings. The van der Waals surface area contributed by atoms with Crippen LogP contribution in [0.1, 0.15) is 93.7 Å². The quantitative estimate of drug-likeness (QED) is 0.452. The van der Waals surface area contributed by atoms with Crippen LogP contribution in [0.5, 0.6) is 5.75 Å². The first-order valence-electron chi connectivity index (χ1n) is 9.64. The van der Waals surface area contributed by atoms with Crippen molar-refractivity contribution in [2.24, 2.45) is 0 Å². The van der Waals surface area contributed by atoms with E-state index in [9.17, 15) is 15.0 Å². The van der Waals surface area contributed by atoms with Crippen molar-refractivity contribution in [1.29, 1.82) is 0 Å². The minimum Gasteiger partial charge on any atom is -0.550 e.